The van der Waals surface area contributed by atoms with E-state index in [1.165, 1.54) is 18.2 Å². The SMILES string of the molecule is CC(C)CC[C@@H](N)c1cc(O)ccc1[N+](=O)[O-].Cl. The molecule has 18 heavy (non-hydrogen) atoms. The first kappa shape index (κ1) is 16.7. The fraction of sp³-hybridized carbons (Fsp3) is 0.500. The van der Waals surface area contributed by atoms with Crippen LogP contribution in [0.4, 0.5) is 5.69 Å². The highest BCUT2D eigenvalue weighted by Gasteiger charge is 2.19. The van der Waals surface area contributed by atoms with E-state index in [0.717, 1.165) is 6.42 Å². The average molecular weight is 275 g/mol. The summed E-state index contributed by atoms with van der Waals surface area (Å²) in [4.78, 5) is 10.4. The second kappa shape index (κ2) is 7.18. The van der Waals surface area contributed by atoms with Crippen molar-refractivity contribution >= 4 is 18.1 Å². The molecule has 0 aliphatic carbocycles. The quantitative estimate of drug-likeness (QED) is 0.637. The van der Waals surface area contributed by atoms with E-state index in [0.29, 0.717) is 17.9 Å². The molecule has 1 atom stereocenters. The zero-order valence-electron chi connectivity index (χ0n) is 10.5. The van der Waals surface area contributed by atoms with Crippen LogP contribution in [0.5, 0.6) is 5.75 Å². The lowest BCUT2D eigenvalue weighted by Crippen LogP contribution is -2.13. The summed E-state index contributed by atoms with van der Waals surface area (Å²) in [6.07, 6.45) is 1.57. The van der Waals surface area contributed by atoms with Gasteiger partial charge in [-0.2, -0.15) is 0 Å². The lowest BCUT2D eigenvalue weighted by atomic mass is 9.97. The van der Waals surface area contributed by atoms with E-state index in [1.807, 2.05) is 0 Å². The molecule has 0 radical (unpaired) electrons. The van der Waals surface area contributed by atoms with Gasteiger partial charge in [0.2, 0.25) is 0 Å². The summed E-state index contributed by atoms with van der Waals surface area (Å²) in [5.74, 6) is 0.503. The average Bonchev–Trinajstić information content (AvgIpc) is 2.25. The Morgan fingerprint density at radius 3 is 2.50 bits per heavy atom. The molecule has 5 nitrogen and oxygen atoms in total. The maximum atomic E-state index is 10.8. The van der Waals surface area contributed by atoms with Gasteiger partial charge in [0.05, 0.1) is 10.5 Å². The summed E-state index contributed by atoms with van der Waals surface area (Å²) in [6.45, 7) is 4.15. The van der Waals surface area contributed by atoms with Crippen LogP contribution in [0.1, 0.15) is 38.3 Å². The number of phenols is 1. The number of aromatic hydroxyl groups is 1. The van der Waals surface area contributed by atoms with Crippen LogP contribution >= 0.6 is 12.4 Å². The Hall–Kier alpha value is -1.33. The topological polar surface area (TPSA) is 89.4 Å². The van der Waals surface area contributed by atoms with Gasteiger partial charge < -0.3 is 10.8 Å². The maximum absolute atomic E-state index is 10.8. The molecule has 0 heterocycles. The zero-order valence-corrected chi connectivity index (χ0v) is 11.3. The normalized spacial score (nSPS) is 12.0. The van der Waals surface area contributed by atoms with E-state index in [1.54, 1.807) is 0 Å². The Morgan fingerprint density at radius 2 is 2.00 bits per heavy atom. The first-order valence-corrected chi connectivity index (χ1v) is 5.64. The van der Waals surface area contributed by atoms with E-state index in [9.17, 15) is 15.2 Å². The second-order valence-corrected chi connectivity index (χ2v) is 4.58. The first-order chi connectivity index (χ1) is 7.91. The Kier molecular flexibility index (Phi) is 6.65. The summed E-state index contributed by atoms with van der Waals surface area (Å²) in [5, 5.41) is 20.2. The van der Waals surface area contributed by atoms with E-state index < -0.39 is 11.0 Å². The van der Waals surface area contributed by atoms with Gasteiger partial charge in [-0.3, -0.25) is 10.1 Å². The predicted molar refractivity (Wildman–Crippen MR) is 73.0 cm³/mol. The van der Waals surface area contributed by atoms with Gasteiger partial charge in [-0.05, 0) is 30.9 Å². The molecular formula is C12H19ClN2O3. The predicted octanol–water partition coefficient (Wildman–Crippen LogP) is 3.16. The summed E-state index contributed by atoms with van der Waals surface area (Å²) < 4.78 is 0. The molecule has 0 bridgehead atoms. The summed E-state index contributed by atoms with van der Waals surface area (Å²) in [7, 11) is 0. The minimum atomic E-state index is -0.468. The van der Waals surface area contributed by atoms with Crippen LogP contribution in [-0.2, 0) is 0 Å². The Balaban J connectivity index is 0.00000289. The van der Waals surface area contributed by atoms with Crippen molar-refractivity contribution in [1.29, 1.82) is 0 Å². The summed E-state index contributed by atoms with van der Waals surface area (Å²) >= 11 is 0. The van der Waals surface area contributed by atoms with Crippen LogP contribution in [0.3, 0.4) is 0 Å². The van der Waals surface area contributed by atoms with Gasteiger partial charge in [0.1, 0.15) is 5.75 Å². The lowest BCUT2D eigenvalue weighted by Gasteiger charge is -2.13. The van der Waals surface area contributed by atoms with Crippen molar-refractivity contribution in [3.05, 3.63) is 33.9 Å². The van der Waals surface area contributed by atoms with E-state index >= 15 is 0 Å². The van der Waals surface area contributed by atoms with Crippen LogP contribution in [0.15, 0.2) is 18.2 Å². The number of phenolic OH excluding ortho intramolecular Hbond substituents is 1. The van der Waals surface area contributed by atoms with Gasteiger partial charge in [-0.1, -0.05) is 13.8 Å². The molecule has 0 amide bonds. The molecular weight excluding hydrogens is 256 g/mol. The monoisotopic (exact) mass is 274 g/mol. The standard InChI is InChI=1S/C12H18N2O3.ClH/c1-8(2)3-5-11(13)10-7-9(15)4-6-12(10)14(16)17;/h4,6-8,11,15H,3,5,13H2,1-2H3;1H/t11-;/m1./s1. The molecule has 0 aliphatic heterocycles. The molecule has 102 valence electrons. The van der Waals surface area contributed by atoms with Crippen molar-refractivity contribution in [2.75, 3.05) is 0 Å². The van der Waals surface area contributed by atoms with Crippen LogP contribution in [0.2, 0.25) is 0 Å². The summed E-state index contributed by atoms with van der Waals surface area (Å²) in [5.41, 5.74) is 6.31. The van der Waals surface area contributed by atoms with Gasteiger partial charge in [0.15, 0.2) is 0 Å². The third-order valence-electron chi connectivity index (χ3n) is 2.66. The minimum absolute atomic E-state index is 0. The van der Waals surface area contributed by atoms with Crippen LogP contribution < -0.4 is 5.73 Å². The zero-order chi connectivity index (χ0) is 13.0. The molecule has 0 saturated heterocycles. The number of hydrogen-bond donors (Lipinski definition) is 2. The third kappa shape index (κ3) is 4.50. The minimum Gasteiger partial charge on any atom is -0.508 e. The Morgan fingerprint density at radius 1 is 1.39 bits per heavy atom. The fourth-order valence-electron chi connectivity index (χ4n) is 1.67. The smallest absolute Gasteiger partial charge is 0.274 e. The Bertz CT molecular complexity index is 410. The largest absolute Gasteiger partial charge is 0.508 e. The molecule has 3 N–H and O–H groups in total. The van der Waals surface area contributed by atoms with Gasteiger partial charge in [-0.25, -0.2) is 0 Å². The number of nitrogens with two attached hydrogens (primary N) is 1. The Labute approximate surface area is 113 Å². The third-order valence-corrected chi connectivity index (χ3v) is 2.66. The van der Waals surface area contributed by atoms with Crippen LogP contribution in [-0.4, -0.2) is 10.0 Å². The molecule has 0 aliphatic rings. The molecule has 1 aromatic carbocycles. The number of nitro benzene ring substituents is 1. The number of hydrogen-bond acceptors (Lipinski definition) is 4. The molecule has 6 heteroatoms. The first-order valence-electron chi connectivity index (χ1n) is 5.64. The molecule has 0 fully saturated rings. The van der Waals surface area contributed by atoms with Gasteiger partial charge in [-0.15, -0.1) is 12.4 Å². The number of nitro groups is 1. The molecule has 0 spiro atoms. The highest BCUT2D eigenvalue weighted by molar-refractivity contribution is 5.85. The molecule has 0 unspecified atom stereocenters. The highest BCUT2D eigenvalue weighted by atomic mass is 35.5. The summed E-state index contributed by atoms with van der Waals surface area (Å²) in [6, 6.07) is 3.56. The molecule has 0 saturated carbocycles. The van der Waals surface area contributed by atoms with Crippen LogP contribution in [0, 0.1) is 16.0 Å². The van der Waals surface area contributed by atoms with Crippen LogP contribution in [0.25, 0.3) is 0 Å². The highest BCUT2D eigenvalue weighted by Crippen LogP contribution is 2.30. The van der Waals surface area contributed by atoms with Crippen molar-refractivity contribution < 1.29 is 10.0 Å². The van der Waals surface area contributed by atoms with Crippen molar-refractivity contribution in [2.24, 2.45) is 11.7 Å². The lowest BCUT2D eigenvalue weighted by molar-refractivity contribution is -0.385. The number of nitrogens with zero attached hydrogens (tertiary/aromatic N) is 1. The van der Waals surface area contributed by atoms with Gasteiger partial charge in [0, 0.05) is 12.1 Å². The second-order valence-electron chi connectivity index (χ2n) is 4.58. The molecule has 0 aromatic heterocycles. The molecule has 1 rings (SSSR count). The van der Waals surface area contributed by atoms with Crippen molar-refractivity contribution in [1.82, 2.24) is 0 Å². The van der Waals surface area contributed by atoms with E-state index in [2.05, 4.69) is 13.8 Å². The number of benzene rings is 1. The van der Waals surface area contributed by atoms with Gasteiger partial charge >= 0.3 is 0 Å². The molecule has 1 aromatic rings. The van der Waals surface area contributed by atoms with Gasteiger partial charge in [0.25, 0.3) is 5.69 Å². The van der Waals surface area contributed by atoms with Crippen molar-refractivity contribution in [2.45, 2.75) is 32.7 Å². The van der Waals surface area contributed by atoms with Crippen molar-refractivity contribution in [3.8, 4) is 5.75 Å². The van der Waals surface area contributed by atoms with E-state index in [4.69, 9.17) is 5.73 Å². The fourth-order valence-corrected chi connectivity index (χ4v) is 1.67. The van der Waals surface area contributed by atoms with E-state index in [-0.39, 0.29) is 23.8 Å². The van der Waals surface area contributed by atoms with Crippen molar-refractivity contribution in [3.63, 3.8) is 0 Å². The maximum Gasteiger partial charge on any atom is 0.274 e. The number of rotatable bonds is 5. The number of halogens is 1.